The molecule has 1 fully saturated rings. The van der Waals surface area contributed by atoms with E-state index in [0.29, 0.717) is 17.6 Å². The first-order valence-corrected chi connectivity index (χ1v) is 7.85. The van der Waals surface area contributed by atoms with E-state index in [4.69, 9.17) is 0 Å². The van der Waals surface area contributed by atoms with E-state index in [1.807, 2.05) is 12.1 Å². The number of anilines is 1. The number of nitrogens with zero attached hydrogens (tertiary/aromatic N) is 7. The second kappa shape index (κ2) is 6.53. The molecule has 0 saturated carbocycles. The van der Waals surface area contributed by atoms with Gasteiger partial charge in [0, 0.05) is 38.8 Å². The van der Waals surface area contributed by atoms with Gasteiger partial charge >= 0.3 is 0 Å². The van der Waals surface area contributed by atoms with E-state index < -0.39 is 0 Å². The molecule has 0 spiro atoms. The van der Waals surface area contributed by atoms with Crippen LogP contribution in [0.15, 0.2) is 12.1 Å². The largest absolute Gasteiger partial charge is 0.367 e. The molecule has 0 unspecified atom stereocenters. The van der Waals surface area contributed by atoms with Gasteiger partial charge < -0.3 is 10.2 Å². The highest BCUT2D eigenvalue weighted by Gasteiger charge is 2.24. The zero-order chi connectivity index (χ0) is 15.5. The monoisotopic (exact) mass is 304 g/mol. The molecule has 1 saturated heterocycles. The first-order valence-electron chi connectivity index (χ1n) is 7.85. The molecule has 3 heterocycles. The van der Waals surface area contributed by atoms with Crippen molar-refractivity contribution in [3.63, 3.8) is 0 Å². The van der Waals surface area contributed by atoms with E-state index >= 15 is 0 Å². The second-order valence-electron chi connectivity index (χ2n) is 6.28. The van der Waals surface area contributed by atoms with Crippen LogP contribution in [0.25, 0.3) is 5.65 Å². The highest BCUT2D eigenvalue weighted by molar-refractivity contribution is 5.42. The lowest BCUT2D eigenvalue weighted by atomic mass is 10.0. The maximum atomic E-state index is 4.37. The number of aromatic nitrogens is 5. The van der Waals surface area contributed by atoms with Crippen molar-refractivity contribution in [3.05, 3.63) is 12.1 Å². The van der Waals surface area contributed by atoms with E-state index in [2.05, 4.69) is 56.6 Å². The third-order valence-corrected chi connectivity index (χ3v) is 4.34. The average Bonchev–Trinajstić information content (AvgIpc) is 2.96. The van der Waals surface area contributed by atoms with Crippen molar-refractivity contribution >= 4 is 11.5 Å². The van der Waals surface area contributed by atoms with Crippen LogP contribution in [0.1, 0.15) is 13.8 Å². The Bertz CT molecular complexity index is 602. The fraction of sp³-hybridized carbons (Fsp3) is 0.714. The van der Waals surface area contributed by atoms with Crippen molar-refractivity contribution < 1.29 is 0 Å². The first-order chi connectivity index (χ1) is 10.6. The van der Waals surface area contributed by atoms with Gasteiger partial charge in [-0.3, -0.25) is 4.90 Å². The van der Waals surface area contributed by atoms with Gasteiger partial charge in [0.25, 0.3) is 0 Å². The van der Waals surface area contributed by atoms with Crippen LogP contribution in [0.3, 0.4) is 0 Å². The van der Waals surface area contributed by atoms with E-state index in [9.17, 15) is 0 Å². The van der Waals surface area contributed by atoms with Crippen LogP contribution in [-0.2, 0) is 0 Å². The predicted octanol–water partition coefficient (Wildman–Crippen LogP) is 0.203. The molecule has 0 bridgehead atoms. The normalized spacial score (nSPS) is 18.9. The summed E-state index contributed by atoms with van der Waals surface area (Å²) in [6.07, 6.45) is 0. The molecule has 2 aromatic heterocycles. The summed E-state index contributed by atoms with van der Waals surface area (Å²) >= 11 is 0. The van der Waals surface area contributed by atoms with Gasteiger partial charge in [-0.15, -0.1) is 14.8 Å². The van der Waals surface area contributed by atoms with E-state index in [0.717, 1.165) is 38.5 Å². The molecule has 0 amide bonds. The number of fused-ring (bicyclic) bond motifs is 1. The van der Waals surface area contributed by atoms with Gasteiger partial charge in [0.2, 0.25) is 0 Å². The van der Waals surface area contributed by atoms with Crippen LogP contribution in [0.5, 0.6) is 0 Å². The third-order valence-electron chi connectivity index (χ3n) is 4.34. The lowest BCUT2D eigenvalue weighted by Crippen LogP contribution is -2.52. The predicted molar refractivity (Wildman–Crippen MR) is 84.8 cm³/mol. The summed E-state index contributed by atoms with van der Waals surface area (Å²) in [7, 11) is 2.19. The topological polar surface area (TPSA) is 74.5 Å². The third kappa shape index (κ3) is 3.33. The summed E-state index contributed by atoms with van der Waals surface area (Å²) in [6.45, 7) is 9.96. The molecule has 0 aliphatic carbocycles. The van der Waals surface area contributed by atoms with Crippen molar-refractivity contribution in [2.24, 2.45) is 5.92 Å². The Labute approximate surface area is 130 Å². The van der Waals surface area contributed by atoms with E-state index in [1.54, 1.807) is 0 Å². The van der Waals surface area contributed by atoms with Gasteiger partial charge in [-0.1, -0.05) is 13.8 Å². The highest BCUT2D eigenvalue weighted by Crippen LogP contribution is 2.14. The van der Waals surface area contributed by atoms with Crippen LogP contribution in [0.2, 0.25) is 0 Å². The SMILES string of the molecule is CC(C)[C@@H](CNc1ccc2nnnn2n1)N1CCN(C)CC1. The van der Waals surface area contributed by atoms with Gasteiger partial charge in [-0.25, -0.2) is 0 Å². The molecule has 0 radical (unpaired) electrons. The number of hydrogen-bond acceptors (Lipinski definition) is 7. The molecule has 22 heavy (non-hydrogen) atoms. The van der Waals surface area contributed by atoms with Crippen molar-refractivity contribution in [1.82, 2.24) is 35.1 Å². The zero-order valence-electron chi connectivity index (χ0n) is 13.5. The van der Waals surface area contributed by atoms with Crippen molar-refractivity contribution in [1.29, 1.82) is 0 Å². The molecular weight excluding hydrogens is 280 g/mol. The average molecular weight is 304 g/mol. The fourth-order valence-corrected chi connectivity index (χ4v) is 2.89. The Kier molecular flexibility index (Phi) is 4.49. The summed E-state index contributed by atoms with van der Waals surface area (Å²) in [5.74, 6) is 1.40. The molecule has 1 atom stereocenters. The number of likely N-dealkylation sites (N-methyl/N-ethyl adjacent to an activating group) is 1. The molecule has 0 aromatic carbocycles. The molecule has 8 nitrogen and oxygen atoms in total. The molecule has 120 valence electrons. The standard InChI is InChI=1S/C14H24N8/c1-11(2)12(21-8-6-20(3)7-9-21)10-15-13-4-5-14-16-18-19-22(14)17-13/h4-5,11-12H,6-10H2,1-3H3,(H,15,17)/t12-/m1/s1. The number of hydrogen-bond donors (Lipinski definition) is 1. The van der Waals surface area contributed by atoms with Crippen LogP contribution < -0.4 is 5.32 Å². The summed E-state index contributed by atoms with van der Waals surface area (Å²) < 4.78 is 1.45. The van der Waals surface area contributed by atoms with Crippen molar-refractivity contribution in [2.45, 2.75) is 19.9 Å². The summed E-state index contributed by atoms with van der Waals surface area (Å²) in [5.41, 5.74) is 0.657. The Morgan fingerprint density at radius 3 is 2.68 bits per heavy atom. The number of tetrazole rings is 1. The molecule has 1 aliphatic rings. The first kappa shape index (κ1) is 15.1. The van der Waals surface area contributed by atoms with Crippen molar-refractivity contribution in [2.75, 3.05) is 45.1 Å². The Hall–Kier alpha value is -1.80. The van der Waals surface area contributed by atoms with Gasteiger partial charge in [-0.05, 0) is 35.5 Å². The summed E-state index contributed by atoms with van der Waals surface area (Å²) in [4.78, 5) is 4.96. The molecule has 1 aliphatic heterocycles. The van der Waals surface area contributed by atoms with Gasteiger partial charge in [-0.2, -0.15) is 0 Å². The smallest absolute Gasteiger partial charge is 0.200 e. The molecule has 1 N–H and O–H groups in total. The molecular formula is C14H24N8. The summed E-state index contributed by atoms with van der Waals surface area (Å²) in [5, 5.41) is 19.1. The quantitative estimate of drug-likeness (QED) is 0.846. The second-order valence-corrected chi connectivity index (χ2v) is 6.28. The maximum Gasteiger partial charge on any atom is 0.200 e. The lowest BCUT2D eigenvalue weighted by Gasteiger charge is -2.40. The zero-order valence-corrected chi connectivity index (χ0v) is 13.5. The Morgan fingerprint density at radius 2 is 1.95 bits per heavy atom. The summed E-state index contributed by atoms with van der Waals surface area (Å²) in [6, 6.07) is 4.29. The minimum atomic E-state index is 0.500. The minimum Gasteiger partial charge on any atom is -0.367 e. The Balaban J connectivity index is 1.63. The highest BCUT2D eigenvalue weighted by atomic mass is 15.6. The van der Waals surface area contributed by atoms with Gasteiger partial charge in [0.1, 0.15) is 5.82 Å². The Morgan fingerprint density at radius 1 is 1.18 bits per heavy atom. The molecule has 3 rings (SSSR count). The van der Waals surface area contributed by atoms with Gasteiger partial charge in [0.15, 0.2) is 5.65 Å². The maximum absolute atomic E-state index is 4.37. The van der Waals surface area contributed by atoms with Crippen LogP contribution >= 0.6 is 0 Å². The van der Waals surface area contributed by atoms with Crippen LogP contribution in [0.4, 0.5) is 5.82 Å². The number of rotatable bonds is 5. The van der Waals surface area contributed by atoms with Gasteiger partial charge in [0.05, 0.1) is 0 Å². The van der Waals surface area contributed by atoms with E-state index in [-0.39, 0.29) is 0 Å². The van der Waals surface area contributed by atoms with E-state index in [1.165, 1.54) is 4.63 Å². The lowest BCUT2D eigenvalue weighted by molar-refractivity contribution is 0.0944. The minimum absolute atomic E-state index is 0.500. The van der Waals surface area contributed by atoms with Crippen molar-refractivity contribution in [3.8, 4) is 0 Å². The number of nitrogens with one attached hydrogen (secondary N) is 1. The molecule has 8 heteroatoms. The van der Waals surface area contributed by atoms with Crippen LogP contribution in [-0.4, -0.2) is 80.9 Å². The number of piperazine rings is 1. The fourth-order valence-electron chi connectivity index (χ4n) is 2.89. The van der Waals surface area contributed by atoms with Crippen LogP contribution in [0, 0.1) is 5.92 Å². The molecule has 2 aromatic rings.